The summed E-state index contributed by atoms with van der Waals surface area (Å²) in [7, 11) is 0. The molecule has 3 heterocycles. The number of nitrogens with one attached hydrogen (secondary N) is 2. The van der Waals surface area contributed by atoms with Gasteiger partial charge < -0.3 is 9.88 Å². The fraction of sp³-hybridized carbons (Fsp3) is 0.333. The molecule has 0 atom stereocenters. The first kappa shape index (κ1) is 18.2. The molecular weight excluding hydrogens is 354 g/mol. The van der Waals surface area contributed by atoms with Crippen molar-refractivity contribution in [1.29, 1.82) is 0 Å². The maximum atomic E-state index is 13.0. The van der Waals surface area contributed by atoms with Gasteiger partial charge in [0.25, 0.3) is 5.91 Å². The van der Waals surface area contributed by atoms with Crippen LogP contribution < -0.4 is 5.69 Å². The Bertz CT molecular complexity index is 1050. The Morgan fingerprint density at radius 1 is 1.25 bits per heavy atom. The maximum absolute atomic E-state index is 13.0. The summed E-state index contributed by atoms with van der Waals surface area (Å²) in [5.74, 6) is 0.153. The van der Waals surface area contributed by atoms with E-state index in [2.05, 4.69) is 34.0 Å². The molecule has 0 spiro atoms. The Labute approximate surface area is 162 Å². The summed E-state index contributed by atoms with van der Waals surface area (Å²) in [5.41, 5.74) is 4.43. The molecule has 1 aliphatic rings. The largest absolute Gasteiger partial charge is 0.345 e. The topological polar surface area (TPSA) is 94.7 Å². The molecule has 28 heavy (non-hydrogen) atoms. The Morgan fingerprint density at radius 3 is 2.79 bits per heavy atom. The summed E-state index contributed by atoms with van der Waals surface area (Å²) in [6.07, 6.45) is 1.39. The summed E-state index contributed by atoms with van der Waals surface area (Å²) in [5, 5.41) is 7.57. The molecule has 0 bridgehead atoms. The van der Waals surface area contributed by atoms with Gasteiger partial charge in [-0.2, -0.15) is 10.1 Å². The molecule has 0 fully saturated rings. The highest BCUT2D eigenvalue weighted by molar-refractivity contribution is 5.92. The highest BCUT2D eigenvalue weighted by Gasteiger charge is 2.27. The molecule has 1 aliphatic heterocycles. The van der Waals surface area contributed by atoms with Crippen molar-refractivity contribution in [2.45, 2.75) is 33.2 Å². The molecule has 0 aliphatic carbocycles. The molecule has 2 N–H and O–H groups in total. The third-order valence-electron chi connectivity index (χ3n) is 4.92. The lowest BCUT2D eigenvalue weighted by Gasteiger charge is -2.27. The van der Waals surface area contributed by atoms with Gasteiger partial charge in [0, 0.05) is 35.5 Å². The van der Waals surface area contributed by atoms with Gasteiger partial charge >= 0.3 is 5.69 Å². The number of aromatic amines is 2. The first-order valence-electron chi connectivity index (χ1n) is 9.52. The van der Waals surface area contributed by atoms with E-state index in [1.807, 2.05) is 30.3 Å². The molecule has 0 unspecified atom stereocenters. The van der Waals surface area contributed by atoms with Crippen molar-refractivity contribution in [1.82, 2.24) is 25.1 Å². The molecule has 7 nitrogen and oxygen atoms in total. The zero-order chi connectivity index (χ0) is 19.7. The molecule has 1 amide bonds. The van der Waals surface area contributed by atoms with E-state index in [0.29, 0.717) is 31.8 Å². The summed E-state index contributed by atoms with van der Waals surface area (Å²) in [6.45, 7) is 5.14. The van der Waals surface area contributed by atoms with Gasteiger partial charge in [0.05, 0.1) is 12.2 Å². The Hall–Kier alpha value is -3.22. The average molecular weight is 377 g/mol. The van der Waals surface area contributed by atoms with Crippen LogP contribution in [-0.2, 0) is 19.4 Å². The van der Waals surface area contributed by atoms with Gasteiger partial charge in [-0.15, -0.1) is 0 Å². The van der Waals surface area contributed by atoms with Gasteiger partial charge in [-0.05, 0) is 18.4 Å². The lowest BCUT2D eigenvalue weighted by molar-refractivity contribution is 0.0728. The number of benzene rings is 1. The van der Waals surface area contributed by atoms with E-state index in [0.717, 1.165) is 28.2 Å². The van der Waals surface area contributed by atoms with Crippen LogP contribution in [0, 0.1) is 5.92 Å². The molecule has 3 aromatic rings. The highest BCUT2D eigenvalue weighted by Crippen LogP contribution is 2.28. The number of hydrogen-bond acceptors (Lipinski definition) is 4. The second kappa shape index (κ2) is 7.42. The summed E-state index contributed by atoms with van der Waals surface area (Å²) >= 11 is 0. The number of aromatic nitrogens is 4. The van der Waals surface area contributed by atoms with Crippen LogP contribution in [0.5, 0.6) is 0 Å². The van der Waals surface area contributed by atoms with Crippen LogP contribution >= 0.6 is 0 Å². The molecule has 0 saturated heterocycles. The van der Waals surface area contributed by atoms with Crippen molar-refractivity contribution < 1.29 is 4.79 Å². The fourth-order valence-electron chi connectivity index (χ4n) is 3.63. The molecule has 1 aromatic carbocycles. The zero-order valence-electron chi connectivity index (χ0n) is 16.0. The minimum absolute atomic E-state index is 0.201. The number of hydrogen-bond donors (Lipinski definition) is 2. The Morgan fingerprint density at radius 2 is 2.04 bits per heavy atom. The van der Waals surface area contributed by atoms with E-state index in [9.17, 15) is 9.59 Å². The monoisotopic (exact) mass is 377 g/mol. The SMILES string of the molecule is CC(C)Cc1cc(C(=O)N2CCc3[nH]nc(-c4ccccc4)c3C2)nc(=O)[nH]1. The number of carbonyl (C=O) groups excluding carboxylic acids is 1. The molecule has 4 rings (SSSR count). The number of fused-ring (bicyclic) bond motifs is 1. The molecule has 144 valence electrons. The van der Waals surface area contributed by atoms with Crippen LogP contribution in [0.4, 0.5) is 0 Å². The van der Waals surface area contributed by atoms with Crippen molar-refractivity contribution in [2.75, 3.05) is 6.54 Å². The summed E-state index contributed by atoms with van der Waals surface area (Å²) < 4.78 is 0. The van der Waals surface area contributed by atoms with E-state index >= 15 is 0 Å². The van der Waals surface area contributed by atoms with Crippen LogP contribution in [0.25, 0.3) is 11.3 Å². The number of carbonyl (C=O) groups is 1. The van der Waals surface area contributed by atoms with Crippen LogP contribution in [0.1, 0.15) is 41.3 Å². The first-order valence-corrected chi connectivity index (χ1v) is 9.52. The van der Waals surface area contributed by atoms with Crippen molar-refractivity contribution in [3.8, 4) is 11.3 Å². The predicted molar refractivity (Wildman–Crippen MR) is 106 cm³/mol. The zero-order valence-corrected chi connectivity index (χ0v) is 16.0. The molecule has 0 saturated carbocycles. The standard InChI is InChI=1S/C21H23N5O2/c1-13(2)10-15-11-18(23-21(28)22-15)20(27)26-9-8-17-16(12-26)19(25-24-17)14-6-4-3-5-7-14/h3-7,11,13H,8-10,12H2,1-2H3,(H,24,25)(H,22,23,28). The van der Waals surface area contributed by atoms with Crippen molar-refractivity contribution in [3.05, 3.63) is 69.5 Å². The second-order valence-corrected chi connectivity index (χ2v) is 7.57. The fourth-order valence-corrected chi connectivity index (χ4v) is 3.63. The lowest BCUT2D eigenvalue weighted by atomic mass is 10.0. The smallest absolute Gasteiger partial charge is 0.332 e. The molecule has 2 aromatic heterocycles. The van der Waals surface area contributed by atoms with Gasteiger partial charge in [0.15, 0.2) is 0 Å². The quantitative estimate of drug-likeness (QED) is 0.730. The van der Waals surface area contributed by atoms with E-state index in [-0.39, 0.29) is 11.6 Å². The number of amides is 1. The normalized spacial score (nSPS) is 13.6. The Kier molecular flexibility index (Phi) is 4.81. The van der Waals surface area contributed by atoms with Gasteiger partial charge in [-0.3, -0.25) is 9.89 Å². The van der Waals surface area contributed by atoms with Gasteiger partial charge in [0.1, 0.15) is 5.69 Å². The predicted octanol–water partition coefficient (Wildman–Crippen LogP) is 2.56. The first-order chi connectivity index (χ1) is 13.5. The molecule has 0 radical (unpaired) electrons. The van der Waals surface area contributed by atoms with Crippen LogP contribution in [0.3, 0.4) is 0 Å². The summed E-state index contributed by atoms with van der Waals surface area (Å²) in [6, 6.07) is 11.6. The van der Waals surface area contributed by atoms with Gasteiger partial charge in [0.2, 0.25) is 0 Å². The third-order valence-corrected chi connectivity index (χ3v) is 4.92. The van der Waals surface area contributed by atoms with Crippen LogP contribution in [0.2, 0.25) is 0 Å². The van der Waals surface area contributed by atoms with E-state index < -0.39 is 5.69 Å². The molecule has 7 heteroatoms. The highest BCUT2D eigenvalue weighted by atomic mass is 16.2. The third kappa shape index (κ3) is 3.60. The lowest BCUT2D eigenvalue weighted by Crippen LogP contribution is -2.37. The van der Waals surface area contributed by atoms with Crippen molar-refractivity contribution >= 4 is 5.91 Å². The number of H-pyrrole nitrogens is 2. The minimum atomic E-state index is -0.479. The average Bonchev–Trinajstić information content (AvgIpc) is 3.10. The van der Waals surface area contributed by atoms with Crippen molar-refractivity contribution in [3.63, 3.8) is 0 Å². The van der Waals surface area contributed by atoms with E-state index in [1.54, 1.807) is 11.0 Å². The van der Waals surface area contributed by atoms with Gasteiger partial charge in [-0.1, -0.05) is 44.2 Å². The van der Waals surface area contributed by atoms with Gasteiger partial charge in [-0.25, -0.2) is 4.79 Å². The van der Waals surface area contributed by atoms with E-state index in [4.69, 9.17) is 0 Å². The van der Waals surface area contributed by atoms with E-state index in [1.165, 1.54) is 0 Å². The molecular formula is C21H23N5O2. The van der Waals surface area contributed by atoms with Crippen LogP contribution in [-0.4, -0.2) is 37.5 Å². The van der Waals surface area contributed by atoms with Crippen LogP contribution in [0.15, 0.2) is 41.2 Å². The maximum Gasteiger partial charge on any atom is 0.345 e. The number of nitrogens with zero attached hydrogens (tertiary/aromatic N) is 3. The minimum Gasteiger partial charge on any atom is -0.332 e. The second-order valence-electron chi connectivity index (χ2n) is 7.57. The Balaban J connectivity index is 1.61. The number of rotatable bonds is 4. The van der Waals surface area contributed by atoms with Crippen molar-refractivity contribution in [2.24, 2.45) is 5.92 Å². The summed E-state index contributed by atoms with van der Waals surface area (Å²) in [4.78, 5) is 33.4.